The van der Waals surface area contributed by atoms with Crippen LogP contribution in [0.15, 0.2) is 40.5 Å². The molecule has 25 heavy (non-hydrogen) atoms. The lowest BCUT2D eigenvalue weighted by atomic mass is 10.2. The maximum Gasteiger partial charge on any atom is 0.240 e. The number of benzene rings is 1. The minimum absolute atomic E-state index is 0.117. The third-order valence-corrected chi connectivity index (χ3v) is 5.52. The molecule has 1 unspecified atom stereocenters. The molecular formula is C18H20N4O2S. The van der Waals surface area contributed by atoms with Crippen LogP contribution in [-0.2, 0) is 9.59 Å². The number of amidine groups is 1. The number of nitrogens with zero attached hydrogens (tertiary/aromatic N) is 2. The number of hydrogen-bond acceptors (Lipinski definition) is 5. The molecule has 1 heterocycles. The van der Waals surface area contributed by atoms with Gasteiger partial charge in [-0.25, -0.2) is 0 Å². The van der Waals surface area contributed by atoms with Gasteiger partial charge in [-0.1, -0.05) is 30.0 Å². The summed E-state index contributed by atoms with van der Waals surface area (Å²) in [7, 11) is 0. The van der Waals surface area contributed by atoms with Gasteiger partial charge in [0.1, 0.15) is 5.25 Å². The van der Waals surface area contributed by atoms with Crippen molar-refractivity contribution in [1.82, 2.24) is 5.32 Å². The molecule has 1 aromatic carbocycles. The van der Waals surface area contributed by atoms with Crippen molar-refractivity contribution in [2.24, 2.45) is 22.0 Å². The quantitative estimate of drug-likeness (QED) is 0.607. The molecule has 4 rings (SSSR count). The fourth-order valence-electron chi connectivity index (χ4n) is 2.85. The van der Waals surface area contributed by atoms with Crippen molar-refractivity contribution < 1.29 is 9.59 Å². The number of para-hydroxylation sites is 1. The molecule has 7 heteroatoms. The Balaban J connectivity index is 1.34. The summed E-state index contributed by atoms with van der Waals surface area (Å²) in [4.78, 5) is 24.2. The van der Waals surface area contributed by atoms with Crippen LogP contribution in [-0.4, -0.2) is 27.9 Å². The second kappa shape index (κ2) is 7.00. The van der Waals surface area contributed by atoms with Crippen molar-refractivity contribution in [3.8, 4) is 0 Å². The number of carbonyl (C=O) groups excluding carboxylic acids is 2. The van der Waals surface area contributed by atoms with E-state index in [2.05, 4.69) is 20.8 Å². The van der Waals surface area contributed by atoms with Crippen LogP contribution in [0.25, 0.3) is 0 Å². The van der Waals surface area contributed by atoms with Gasteiger partial charge < -0.3 is 10.6 Å². The second-order valence-corrected chi connectivity index (χ2v) is 7.88. The first-order valence-electron chi connectivity index (χ1n) is 8.67. The van der Waals surface area contributed by atoms with Gasteiger partial charge in [-0.15, -0.1) is 5.10 Å². The minimum atomic E-state index is -0.456. The van der Waals surface area contributed by atoms with Crippen LogP contribution in [0.5, 0.6) is 0 Å². The summed E-state index contributed by atoms with van der Waals surface area (Å²) in [6.45, 7) is 0. The molecule has 3 aliphatic rings. The fraction of sp³-hybridized carbons (Fsp3) is 0.444. The van der Waals surface area contributed by atoms with Gasteiger partial charge in [-0.05, 0) is 49.7 Å². The molecule has 0 bridgehead atoms. The lowest BCUT2D eigenvalue weighted by Crippen LogP contribution is -2.28. The monoisotopic (exact) mass is 356 g/mol. The molecule has 1 atom stereocenters. The van der Waals surface area contributed by atoms with E-state index in [1.54, 1.807) is 0 Å². The number of anilines is 1. The minimum Gasteiger partial charge on any atom is -0.326 e. The molecule has 1 aliphatic heterocycles. The highest BCUT2D eigenvalue weighted by molar-refractivity contribution is 8.15. The molecule has 1 aromatic rings. The summed E-state index contributed by atoms with van der Waals surface area (Å²) < 4.78 is 0. The summed E-state index contributed by atoms with van der Waals surface area (Å²) in [5.41, 5.74) is 1.93. The first-order chi connectivity index (χ1) is 12.2. The number of amides is 2. The van der Waals surface area contributed by atoms with Gasteiger partial charge in [0, 0.05) is 17.8 Å². The van der Waals surface area contributed by atoms with Gasteiger partial charge in [0.05, 0.1) is 0 Å². The van der Waals surface area contributed by atoms with E-state index >= 15 is 0 Å². The molecule has 0 radical (unpaired) electrons. The lowest BCUT2D eigenvalue weighted by Gasteiger charge is -2.06. The average molecular weight is 356 g/mol. The number of rotatable bonds is 6. The molecule has 130 valence electrons. The zero-order valence-corrected chi connectivity index (χ0v) is 14.6. The smallest absolute Gasteiger partial charge is 0.240 e. The van der Waals surface area contributed by atoms with Crippen molar-refractivity contribution in [2.45, 2.75) is 37.4 Å². The van der Waals surface area contributed by atoms with Crippen LogP contribution in [0.1, 0.15) is 32.1 Å². The number of thioether (sulfide) groups is 1. The van der Waals surface area contributed by atoms with Crippen LogP contribution in [0.3, 0.4) is 0 Å². The van der Waals surface area contributed by atoms with Crippen LogP contribution in [0.4, 0.5) is 5.69 Å². The Morgan fingerprint density at radius 2 is 1.84 bits per heavy atom. The Morgan fingerprint density at radius 1 is 1.16 bits per heavy atom. The highest BCUT2D eigenvalue weighted by atomic mass is 32.2. The maximum absolute atomic E-state index is 12.1. The van der Waals surface area contributed by atoms with Crippen molar-refractivity contribution >= 4 is 40.1 Å². The van der Waals surface area contributed by atoms with Gasteiger partial charge >= 0.3 is 0 Å². The maximum atomic E-state index is 12.1. The first kappa shape index (κ1) is 16.3. The molecule has 2 saturated carbocycles. The Bertz CT molecular complexity index is 725. The van der Waals surface area contributed by atoms with E-state index in [4.69, 9.17) is 0 Å². The van der Waals surface area contributed by atoms with Crippen LogP contribution >= 0.6 is 11.8 Å². The molecular weight excluding hydrogens is 336 g/mol. The van der Waals surface area contributed by atoms with E-state index in [1.807, 2.05) is 30.3 Å². The molecule has 2 N–H and O–H groups in total. The van der Waals surface area contributed by atoms with Gasteiger partial charge in [-0.3, -0.25) is 9.59 Å². The molecule has 2 aliphatic carbocycles. The molecule has 0 aromatic heterocycles. The Hall–Kier alpha value is -2.15. The lowest BCUT2D eigenvalue weighted by molar-refractivity contribution is -0.122. The van der Waals surface area contributed by atoms with Gasteiger partial charge in [0.15, 0.2) is 5.17 Å². The fourth-order valence-corrected chi connectivity index (χ4v) is 3.76. The van der Waals surface area contributed by atoms with Gasteiger partial charge in [-0.2, -0.15) is 5.10 Å². The number of nitrogens with one attached hydrogen (secondary N) is 2. The Labute approximate surface area is 150 Å². The number of hydrogen-bond donors (Lipinski definition) is 2. The Kier molecular flexibility index (Phi) is 4.57. The van der Waals surface area contributed by atoms with E-state index in [9.17, 15) is 9.59 Å². The van der Waals surface area contributed by atoms with Crippen LogP contribution in [0.2, 0.25) is 0 Å². The summed E-state index contributed by atoms with van der Waals surface area (Å²) >= 11 is 1.29. The topological polar surface area (TPSA) is 82.9 Å². The third kappa shape index (κ3) is 4.28. The van der Waals surface area contributed by atoms with Crippen molar-refractivity contribution in [1.29, 1.82) is 0 Å². The highest BCUT2D eigenvalue weighted by Gasteiger charge is 2.38. The van der Waals surface area contributed by atoms with E-state index in [0.29, 0.717) is 17.0 Å². The largest absolute Gasteiger partial charge is 0.326 e. The molecule has 3 fully saturated rings. The highest BCUT2D eigenvalue weighted by Crippen LogP contribution is 2.42. The van der Waals surface area contributed by atoms with E-state index < -0.39 is 5.25 Å². The zero-order valence-electron chi connectivity index (χ0n) is 13.8. The van der Waals surface area contributed by atoms with Crippen LogP contribution < -0.4 is 10.6 Å². The van der Waals surface area contributed by atoms with E-state index in [-0.39, 0.29) is 18.2 Å². The summed E-state index contributed by atoms with van der Waals surface area (Å²) in [5.74, 6) is 0.847. The SMILES string of the molecule is O=C(CC1SC(=NN=C(C2CC2)C2CC2)NC1=O)Nc1ccccc1. The van der Waals surface area contributed by atoms with Crippen molar-refractivity contribution in [2.75, 3.05) is 5.32 Å². The third-order valence-electron chi connectivity index (χ3n) is 4.45. The number of carbonyl (C=O) groups is 2. The molecule has 0 spiro atoms. The van der Waals surface area contributed by atoms with Gasteiger partial charge in [0.2, 0.25) is 11.8 Å². The van der Waals surface area contributed by atoms with E-state index in [0.717, 1.165) is 5.69 Å². The predicted molar refractivity (Wildman–Crippen MR) is 99.5 cm³/mol. The van der Waals surface area contributed by atoms with Crippen molar-refractivity contribution in [3.05, 3.63) is 30.3 Å². The van der Waals surface area contributed by atoms with Crippen molar-refractivity contribution in [3.63, 3.8) is 0 Å². The normalized spacial score (nSPS) is 24.1. The molecule has 2 amide bonds. The Morgan fingerprint density at radius 3 is 2.48 bits per heavy atom. The predicted octanol–water partition coefficient (Wildman–Crippen LogP) is 2.78. The molecule has 6 nitrogen and oxygen atoms in total. The first-order valence-corrected chi connectivity index (χ1v) is 9.55. The van der Waals surface area contributed by atoms with Gasteiger partial charge in [0.25, 0.3) is 0 Å². The second-order valence-electron chi connectivity index (χ2n) is 6.69. The molecule has 1 saturated heterocycles. The summed E-state index contributed by atoms with van der Waals surface area (Å²) in [5, 5.41) is 14.2. The zero-order chi connectivity index (χ0) is 17.2. The standard InChI is InChI=1S/C18H20N4O2S/c23-15(19-13-4-2-1-3-5-13)10-14-17(24)20-18(25-14)22-21-16(11-6-7-11)12-8-9-12/h1-5,11-12,14H,6-10H2,(H,19,23)(H,20,22,24). The summed E-state index contributed by atoms with van der Waals surface area (Å²) in [6, 6.07) is 9.23. The summed E-state index contributed by atoms with van der Waals surface area (Å²) in [6.07, 6.45) is 4.96. The van der Waals surface area contributed by atoms with E-state index in [1.165, 1.54) is 43.2 Å². The average Bonchev–Trinajstić information content (AvgIpc) is 3.50. The van der Waals surface area contributed by atoms with Crippen LogP contribution in [0, 0.1) is 11.8 Å².